The van der Waals surface area contributed by atoms with Crippen molar-refractivity contribution < 1.29 is 22.7 Å². The molecule has 1 aromatic heterocycles. The van der Waals surface area contributed by atoms with Gasteiger partial charge in [-0.2, -0.15) is 0 Å². The molecule has 0 radical (unpaired) electrons. The van der Waals surface area contributed by atoms with Gasteiger partial charge in [0.25, 0.3) is 0 Å². The fourth-order valence-electron chi connectivity index (χ4n) is 1.73. The number of rotatable bonds is 5. The number of furan rings is 1. The van der Waals surface area contributed by atoms with Crippen LogP contribution in [0.25, 0.3) is 0 Å². The molecule has 0 saturated carbocycles. The Labute approximate surface area is 130 Å². The van der Waals surface area contributed by atoms with E-state index in [-0.39, 0.29) is 14.9 Å². The van der Waals surface area contributed by atoms with Crippen molar-refractivity contribution in [2.75, 3.05) is 0 Å². The first-order chi connectivity index (χ1) is 9.81. The standard InChI is InChI=1S/C13H12BrNO5S/c1-8(11-3-2-6-20-11)15-21(18,19)12-7-9(13(16)17)4-5-10(12)14/h2-8,15H,1H3,(H,16,17). The number of carboxylic acid groups (broad SMARTS) is 1. The topological polar surface area (TPSA) is 96.6 Å². The summed E-state index contributed by atoms with van der Waals surface area (Å²) >= 11 is 3.12. The van der Waals surface area contributed by atoms with Gasteiger partial charge in [0, 0.05) is 4.47 Å². The van der Waals surface area contributed by atoms with Gasteiger partial charge in [0.15, 0.2) is 0 Å². The van der Waals surface area contributed by atoms with E-state index in [2.05, 4.69) is 20.7 Å². The van der Waals surface area contributed by atoms with Gasteiger partial charge in [-0.05, 0) is 53.2 Å². The van der Waals surface area contributed by atoms with E-state index in [4.69, 9.17) is 9.52 Å². The summed E-state index contributed by atoms with van der Waals surface area (Å²) in [6.07, 6.45) is 1.45. The van der Waals surface area contributed by atoms with E-state index < -0.39 is 22.0 Å². The van der Waals surface area contributed by atoms with Gasteiger partial charge >= 0.3 is 5.97 Å². The zero-order valence-corrected chi connectivity index (χ0v) is 13.3. The van der Waals surface area contributed by atoms with Crippen molar-refractivity contribution in [3.05, 3.63) is 52.4 Å². The summed E-state index contributed by atoms with van der Waals surface area (Å²) in [5.74, 6) is -0.734. The van der Waals surface area contributed by atoms with Gasteiger partial charge < -0.3 is 9.52 Å². The highest BCUT2D eigenvalue weighted by Crippen LogP contribution is 2.25. The van der Waals surface area contributed by atoms with Gasteiger partial charge in [-0.1, -0.05) is 0 Å². The minimum atomic E-state index is -3.89. The molecule has 2 aromatic rings. The molecule has 1 atom stereocenters. The minimum absolute atomic E-state index is 0.107. The second-order valence-corrected chi connectivity index (χ2v) is 6.85. The molecule has 0 aliphatic rings. The fourth-order valence-corrected chi connectivity index (χ4v) is 3.94. The number of hydrogen-bond acceptors (Lipinski definition) is 4. The van der Waals surface area contributed by atoms with Gasteiger partial charge in [-0.15, -0.1) is 0 Å². The molecule has 1 aromatic carbocycles. The second kappa shape index (κ2) is 6.00. The van der Waals surface area contributed by atoms with E-state index in [9.17, 15) is 13.2 Å². The summed E-state index contributed by atoms with van der Waals surface area (Å²) in [5, 5.41) is 8.95. The third-order valence-electron chi connectivity index (χ3n) is 2.77. The molecule has 0 aliphatic carbocycles. The monoisotopic (exact) mass is 373 g/mol. The Balaban J connectivity index is 2.35. The smallest absolute Gasteiger partial charge is 0.335 e. The van der Waals surface area contributed by atoms with Crippen LogP contribution in [0.2, 0.25) is 0 Å². The molecule has 1 unspecified atom stereocenters. The predicted octanol–water partition coefficient (Wildman–Crippen LogP) is 2.78. The van der Waals surface area contributed by atoms with Crippen LogP contribution in [-0.4, -0.2) is 19.5 Å². The fraction of sp³-hybridized carbons (Fsp3) is 0.154. The molecular weight excluding hydrogens is 362 g/mol. The zero-order valence-electron chi connectivity index (χ0n) is 10.9. The van der Waals surface area contributed by atoms with Crippen LogP contribution in [0.3, 0.4) is 0 Å². The van der Waals surface area contributed by atoms with E-state index in [1.807, 2.05) is 0 Å². The number of nitrogens with one attached hydrogen (secondary N) is 1. The summed E-state index contributed by atoms with van der Waals surface area (Å²) < 4.78 is 32.6. The van der Waals surface area contributed by atoms with Gasteiger partial charge in [0.05, 0.1) is 22.8 Å². The molecule has 0 aliphatic heterocycles. The zero-order chi connectivity index (χ0) is 15.6. The third-order valence-corrected chi connectivity index (χ3v) is 5.30. The average Bonchev–Trinajstić information content (AvgIpc) is 2.92. The maximum absolute atomic E-state index is 12.4. The lowest BCUT2D eigenvalue weighted by molar-refractivity contribution is 0.0696. The van der Waals surface area contributed by atoms with E-state index >= 15 is 0 Å². The SMILES string of the molecule is CC(NS(=O)(=O)c1cc(C(=O)O)ccc1Br)c1ccco1. The van der Waals surface area contributed by atoms with E-state index in [1.54, 1.807) is 19.1 Å². The molecule has 0 fully saturated rings. The first-order valence-electron chi connectivity index (χ1n) is 5.90. The lowest BCUT2D eigenvalue weighted by Gasteiger charge is -2.13. The van der Waals surface area contributed by atoms with Gasteiger partial charge in [-0.25, -0.2) is 17.9 Å². The van der Waals surface area contributed by atoms with Crippen molar-refractivity contribution in [3.8, 4) is 0 Å². The molecule has 112 valence electrons. The molecule has 2 rings (SSSR count). The summed E-state index contributed by atoms with van der Waals surface area (Å²) in [5.41, 5.74) is -0.107. The second-order valence-electron chi connectivity index (χ2n) is 4.31. The molecule has 21 heavy (non-hydrogen) atoms. The lowest BCUT2D eigenvalue weighted by Crippen LogP contribution is -2.27. The highest BCUT2D eigenvalue weighted by atomic mass is 79.9. The first-order valence-corrected chi connectivity index (χ1v) is 8.17. The minimum Gasteiger partial charge on any atom is -0.478 e. The number of hydrogen-bond donors (Lipinski definition) is 2. The van der Waals surface area contributed by atoms with Crippen molar-refractivity contribution in [3.63, 3.8) is 0 Å². The van der Waals surface area contributed by atoms with Crippen LogP contribution in [0.5, 0.6) is 0 Å². The Kier molecular flexibility index (Phi) is 4.50. The number of halogens is 1. The maximum Gasteiger partial charge on any atom is 0.335 e. The molecule has 0 bridgehead atoms. The number of benzene rings is 1. The van der Waals surface area contributed by atoms with Crippen LogP contribution < -0.4 is 4.72 Å². The summed E-state index contributed by atoms with van der Waals surface area (Å²) in [6.45, 7) is 1.63. The molecule has 8 heteroatoms. The Morgan fingerprint density at radius 2 is 2.10 bits per heavy atom. The Bertz CT molecular complexity index is 755. The largest absolute Gasteiger partial charge is 0.478 e. The van der Waals surface area contributed by atoms with Crippen LogP contribution in [-0.2, 0) is 10.0 Å². The lowest BCUT2D eigenvalue weighted by atomic mass is 10.2. The van der Waals surface area contributed by atoms with Crippen molar-refractivity contribution in [2.24, 2.45) is 0 Å². The van der Waals surface area contributed by atoms with Crippen LogP contribution in [0.1, 0.15) is 29.1 Å². The molecule has 6 nitrogen and oxygen atoms in total. The van der Waals surface area contributed by atoms with Crippen LogP contribution in [0.4, 0.5) is 0 Å². The Morgan fingerprint density at radius 3 is 2.67 bits per heavy atom. The summed E-state index contributed by atoms with van der Waals surface area (Å²) in [7, 11) is -3.89. The number of aromatic carboxylic acids is 1. The van der Waals surface area contributed by atoms with Crippen molar-refractivity contribution in [1.82, 2.24) is 4.72 Å². The molecule has 0 spiro atoms. The normalized spacial score (nSPS) is 13.0. The summed E-state index contributed by atoms with van der Waals surface area (Å²) in [6, 6.07) is 6.53. The highest BCUT2D eigenvalue weighted by molar-refractivity contribution is 9.10. The first kappa shape index (κ1) is 15.7. The van der Waals surface area contributed by atoms with E-state index in [0.717, 1.165) is 6.07 Å². The predicted molar refractivity (Wildman–Crippen MR) is 78.5 cm³/mol. The summed E-state index contributed by atoms with van der Waals surface area (Å²) in [4.78, 5) is 10.8. The highest BCUT2D eigenvalue weighted by Gasteiger charge is 2.23. The number of carboxylic acids is 1. The van der Waals surface area contributed by atoms with Gasteiger partial charge in [0.1, 0.15) is 5.76 Å². The quantitative estimate of drug-likeness (QED) is 0.839. The van der Waals surface area contributed by atoms with Crippen molar-refractivity contribution >= 4 is 31.9 Å². The molecular formula is C13H12BrNO5S. The van der Waals surface area contributed by atoms with Crippen molar-refractivity contribution in [2.45, 2.75) is 17.9 Å². The van der Waals surface area contributed by atoms with Crippen LogP contribution in [0, 0.1) is 0 Å². The molecule has 2 N–H and O–H groups in total. The van der Waals surface area contributed by atoms with E-state index in [1.165, 1.54) is 18.4 Å². The molecule has 0 saturated heterocycles. The average molecular weight is 374 g/mol. The molecule has 0 amide bonds. The van der Waals surface area contributed by atoms with E-state index in [0.29, 0.717) is 5.76 Å². The Hall–Kier alpha value is -1.64. The van der Waals surface area contributed by atoms with Crippen molar-refractivity contribution in [1.29, 1.82) is 0 Å². The molecule has 1 heterocycles. The number of carbonyl (C=O) groups is 1. The Morgan fingerprint density at radius 1 is 1.38 bits per heavy atom. The maximum atomic E-state index is 12.4. The van der Waals surface area contributed by atoms with Crippen LogP contribution in [0.15, 0.2) is 50.4 Å². The number of sulfonamides is 1. The van der Waals surface area contributed by atoms with Gasteiger partial charge in [-0.3, -0.25) is 0 Å². The van der Waals surface area contributed by atoms with Gasteiger partial charge in [0.2, 0.25) is 10.0 Å². The third kappa shape index (κ3) is 3.52. The van der Waals surface area contributed by atoms with Crippen LogP contribution >= 0.6 is 15.9 Å².